The molecule has 0 aliphatic heterocycles. The van der Waals surface area contributed by atoms with E-state index in [0.717, 1.165) is 11.1 Å². The number of rotatable bonds is 5. The third kappa shape index (κ3) is 4.28. The molecule has 21 heavy (non-hydrogen) atoms. The zero-order valence-electron chi connectivity index (χ0n) is 11.3. The van der Waals surface area contributed by atoms with E-state index in [2.05, 4.69) is 5.32 Å². The van der Waals surface area contributed by atoms with E-state index in [1.54, 1.807) is 6.07 Å². The van der Waals surface area contributed by atoms with Crippen LogP contribution in [0.25, 0.3) is 0 Å². The van der Waals surface area contributed by atoms with Gasteiger partial charge in [-0.3, -0.25) is 4.79 Å². The molecule has 0 aliphatic carbocycles. The Bertz CT molecular complexity index is 646. The normalized spacial score (nSPS) is 10.4. The van der Waals surface area contributed by atoms with Crippen molar-refractivity contribution in [2.24, 2.45) is 0 Å². The van der Waals surface area contributed by atoms with Crippen LogP contribution >= 0.6 is 11.6 Å². The lowest BCUT2D eigenvalue weighted by Crippen LogP contribution is -2.25. The smallest absolute Gasteiger partial charge is 0.224 e. The summed E-state index contributed by atoms with van der Waals surface area (Å²) in [4.78, 5) is 11.9. The van der Waals surface area contributed by atoms with Gasteiger partial charge in [0, 0.05) is 11.6 Å². The average molecular weight is 308 g/mol. The molecule has 110 valence electrons. The SMILES string of the molecule is O=C(Cc1ccc(F)cc1Cl)NCc1ccccc1CO. The topological polar surface area (TPSA) is 49.3 Å². The molecule has 2 rings (SSSR count). The summed E-state index contributed by atoms with van der Waals surface area (Å²) in [6.07, 6.45) is 0.0837. The summed E-state index contributed by atoms with van der Waals surface area (Å²) in [5.41, 5.74) is 2.21. The molecule has 0 radical (unpaired) electrons. The van der Waals surface area contributed by atoms with E-state index >= 15 is 0 Å². The zero-order chi connectivity index (χ0) is 15.2. The molecular formula is C16H15ClFNO2. The fraction of sp³-hybridized carbons (Fsp3) is 0.188. The molecule has 0 saturated heterocycles. The van der Waals surface area contributed by atoms with Crippen molar-refractivity contribution in [2.75, 3.05) is 0 Å². The molecule has 2 N–H and O–H groups in total. The number of carbonyl (C=O) groups excluding carboxylic acids is 1. The third-order valence-corrected chi connectivity index (χ3v) is 3.48. The van der Waals surface area contributed by atoms with Gasteiger partial charge in [0.25, 0.3) is 0 Å². The van der Waals surface area contributed by atoms with Crippen molar-refractivity contribution >= 4 is 17.5 Å². The minimum atomic E-state index is -0.430. The van der Waals surface area contributed by atoms with Crippen LogP contribution in [0.5, 0.6) is 0 Å². The number of halogens is 2. The second kappa shape index (κ2) is 7.20. The van der Waals surface area contributed by atoms with E-state index in [0.29, 0.717) is 12.1 Å². The molecule has 0 fully saturated rings. The molecule has 5 heteroatoms. The summed E-state index contributed by atoms with van der Waals surface area (Å²) < 4.78 is 12.9. The Morgan fingerprint density at radius 2 is 1.86 bits per heavy atom. The molecule has 0 spiro atoms. The lowest BCUT2D eigenvalue weighted by atomic mass is 10.1. The van der Waals surface area contributed by atoms with Crippen LogP contribution in [0, 0.1) is 5.82 Å². The number of hydrogen-bond donors (Lipinski definition) is 2. The highest BCUT2D eigenvalue weighted by Gasteiger charge is 2.09. The first-order chi connectivity index (χ1) is 10.1. The maximum Gasteiger partial charge on any atom is 0.224 e. The maximum atomic E-state index is 12.9. The molecular weight excluding hydrogens is 293 g/mol. The van der Waals surface area contributed by atoms with Gasteiger partial charge in [0.05, 0.1) is 13.0 Å². The minimum absolute atomic E-state index is 0.0736. The van der Waals surface area contributed by atoms with Gasteiger partial charge in [0.15, 0.2) is 0 Å². The predicted molar refractivity (Wildman–Crippen MR) is 79.3 cm³/mol. The number of carbonyl (C=O) groups is 1. The number of amides is 1. The number of aliphatic hydroxyl groups excluding tert-OH is 1. The molecule has 0 aromatic heterocycles. The Labute approximate surface area is 127 Å². The number of nitrogens with one attached hydrogen (secondary N) is 1. The Balaban J connectivity index is 1.96. The highest BCUT2D eigenvalue weighted by atomic mass is 35.5. The number of aliphatic hydroxyl groups is 1. The van der Waals surface area contributed by atoms with Gasteiger partial charge >= 0.3 is 0 Å². The van der Waals surface area contributed by atoms with Crippen LogP contribution in [0.2, 0.25) is 5.02 Å². The van der Waals surface area contributed by atoms with Crippen LogP contribution in [0.1, 0.15) is 16.7 Å². The number of hydrogen-bond acceptors (Lipinski definition) is 2. The van der Waals surface area contributed by atoms with Crippen LogP contribution in [0.3, 0.4) is 0 Å². The van der Waals surface area contributed by atoms with Gasteiger partial charge in [-0.25, -0.2) is 4.39 Å². The second-order valence-corrected chi connectivity index (χ2v) is 5.02. The maximum absolute atomic E-state index is 12.9. The number of benzene rings is 2. The van der Waals surface area contributed by atoms with Gasteiger partial charge in [-0.2, -0.15) is 0 Å². The highest BCUT2D eigenvalue weighted by molar-refractivity contribution is 6.31. The predicted octanol–water partition coefficient (Wildman–Crippen LogP) is 2.83. The van der Waals surface area contributed by atoms with Crippen LogP contribution in [0.15, 0.2) is 42.5 Å². The molecule has 0 saturated carbocycles. The van der Waals surface area contributed by atoms with Gasteiger partial charge in [0.2, 0.25) is 5.91 Å². The summed E-state index contributed by atoms with van der Waals surface area (Å²) in [6.45, 7) is 0.254. The quantitative estimate of drug-likeness (QED) is 0.892. The van der Waals surface area contributed by atoms with E-state index in [1.165, 1.54) is 18.2 Å². The van der Waals surface area contributed by atoms with E-state index in [9.17, 15) is 14.3 Å². The molecule has 2 aromatic carbocycles. The highest BCUT2D eigenvalue weighted by Crippen LogP contribution is 2.17. The van der Waals surface area contributed by atoms with Crippen molar-refractivity contribution < 1.29 is 14.3 Å². The van der Waals surface area contributed by atoms with Gasteiger partial charge in [0.1, 0.15) is 5.82 Å². The van der Waals surface area contributed by atoms with Crippen LogP contribution in [0.4, 0.5) is 4.39 Å². The van der Waals surface area contributed by atoms with E-state index < -0.39 is 5.82 Å². The summed E-state index contributed by atoms with van der Waals surface area (Å²) in [5, 5.41) is 12.2. The standard InChI is InChI=1S/C16H15ClFNO2/c17-15-8-14(18)6-5-11(15)7-16(21)19-9-12-3-1-2-4-13(12)10-20/h1-6,8,20H,7,9-10H2,(H,19,21). The molecule has 0 unspecified atom stereocenters. The molecule has 1 amide bonds. The van der Waals surface area contributed by atoms with Crippen LogP contribution < -0.4 is 5.32 Å². The van der Waals surface area contributed by atoms with Crippen LogP contribution in [-0.2, 0) is 24.4 Å². The molecule has 2 aromatic rings. The lowest BCUT2D eigenvalue weighted by Gasteiger charge is -2.09. The minimum Gasteiger partial charge on any atom is -0.392 e. The second-order valence-electron chi connectivity index (χ2n) is 4.62. The fourth-order valence-electron chi connectivity index (χ4n) is 1.98. The fourth-order valence-corrected chi connectivity index (χ4v) is 2.21. The first-order valence-corrected chi connectivity index (χ1v) is 6.86. The van der Waals surface area contributed by atoms with Crippen molar-refractivity contribution in [3.63, 3.8) is 0 Å². The first-order valence-electron chi connectivity index (χ1n) is 6.48. The largest absolute Gasteiger partial charge is 0.392 e. The third-order valence-electron chi connectivity index (χ3n) is 3.13. The monoisotopic (exact) mass is 307 g/mol. The lowest BCUT2D eigenvalue weighted by molar-refractivity contribution is -0.120. The zero-order valence-corrected chi connectivity index (χ0v) is 12.0. The van der Waals surface area contributed by atoms with Crippen molar-refractivity contribution in [3.8, 4) is 0 Å². The Morgan fingerprint density at radius 3 is 2.52 bits per heavy atom. The summed E-state index contributed by atoms with van der Waals surface area (Å²) >= 11 is 5.89. The summed E-state index contributed by atoms with van der Waals surface area (Å²) in [5.74, 6) is -0.641. The molecule has 0 heterocycles. The molecule has 3 nitrogen and oxygen atoms in total. The molecule has 0 bridgehead atoms. The Hall–Kier alpha value is -1.91. The van der Waals surface area contributed by atoms with E-state index in [1.807, 2.05) is 18.2 Å². The summed E-state index contributed by atoms with van der Waals surface area (Å²) in [6, 6.07) is 11.3. The van der Waals surface area contributed by atoms with Gasteiger partial charge in [-0.05, 0) is 28.8 Å². The van der Waals surface area contributed by atoms with Gasteiger partial charge in [-0.1, -0.05) is 41.9 Å². The molecule has 0 aliphatic rings. The summed E-state index contributed by atoms with van der Waals surface area (Å²) in [7, 11) is 0. The van der Waals surface area contributed by atoms with Crippen molar-refractivity contribution in [2.45, 2.75) is 19.6 Å². The van der Waals surface area contributed by atoms with Crippen molar-refractivity contribution in [3.05, 3.63) is 70.0 Å². The average Bonchev–Trinajstić information content (AvgIpc) is 2.48. The molecule has 0 atom stereocenters. The van der Waals surface area contributed by atoms with Crippen LogP contribution in [-0.4, -0.2) is 11.0 Å². The van der Waals surface area contributed by atoms with Crippen molar-refractivity contribution in [1.82, 2.24) is 5.32 Å². The van der Waals surface area contributed by atoms with E-state index in [-0.39, 0.29) is 24.0 Å². The Morgan fingerprint density at radius 1 is 1.14 bits per heavy atom. The van der Waals surface area contributed by atoms with Gasteiger partial charge < -0.3 is 10.4 Å². The first kappa shape index (κ1) is 15.5. The van der Waals surface area contributed by atoms with E-state index in [4.69, 9.17) is 11.6 Å². The Kier molecular flexibility index (Phi) is 5.31. The van der Waals surface area contributed by atoms with Gasteiger partial charge in [-0.15, -0.1) is 0 Å². The van der Waals surface area contributed by atoms with Crippen molar-refractivity contribution in [1.29, 1.82) is 0 Å².